The third-order valence-electron chi connectivity index (χ3n) is 10.4. The largest absolute Gasteiger partial charge is 0.493 e. The molecule has 0 radical (unpaired) electrons. The Kier molecular flexibility index (Phi) is 7.86. The number of rotatable bonds is 11. The molecule has 8 nitrogen and oxygen atoms in total. The number of hydrogen-bond donors (Lipinski definition) is 2. The molecule has 2 saturated carbocycles. The summed E-state index contributed by atoms with van der Waals surface area (Å²) in [6.07, 6.45) is 10.2. The van der Waals surface area contributed by atoms with Crippen molar-refractivity contribution in [1.29, 1.82) is 0 Å². The summed E-state index contributed by atoms with van der Waals surface area (Å²) in [4.78, 5) is 42.1. The molecule has 2 bridgehead atoms. The number of piperidine rings is 1. The highest BCUT2D eigenvalue weighted by molar-refractivity contribution is 5.99. The van der Waals surface area contributed by atoms with Gasteiger partial charge in [-0.3, -0.25) is 24.3 Å². The number of benzene rings is 1. The van der Waals surface area contributed by atoms with Crippen molar-refractivity contribution in [2.45, 2.75) is 104 Å². The number of carbonyl (C=O) groups excluding carboxylic acids is 2. The fourth-order valence-electron chi connectivity index (χ4n) is 7.47. The number of carbonyl (C=O) groups is 2. The van der Waals surface area contributed by atoms with Gasteiger partial charge in [0.25, 0.3) is 5.56 Å². The van der Waals surface area contributed by atoms with Crippen molar-refractivity contribution in [3.05, 3.63) is 34.4 Å². The Morgan fingerprint density at radius 2 is 1.85 bits per heavy atom. The summed E-state index contributed by atoms with van der Waals surface area (Å²) in [5.74, 6) is 1.06. The van der Waals surface area contributed by atoms with E-state index in [4.69, 9.17) is 4.74 Å². The van der Waals surface area contributed by atoms with E-state index in [1.54, 1.807) is 19.1 Å². The molecule has 3 fully saturated rings. The van der Waals surface area contributed by atoms with Crippen molar-refractivity contribution in [1.82, 2.24) is 20.2 Å². The fraction of sp³-hybridized carbons (Fsp3) is 0.677. The molecule has 1 saturated heterocycles. The van der Waals surface area contributed by atoms with Gasteiger partial charge in [-0.25, -0.2) is 4.98 Å². The van der Waals surface area contributed by atoms with Crippen molar-refractivity contribution in [2.75, 3.05) is 13.2 Å². The van der Waals surface area contributed by atoms with Gasteiger partial charge in [-0.1, -0.05) is 46.1 Å². The van der Waals surface area contributed by atoms with Crippen LogP contribution >= 0.6 is 0 Å². The van der Waals surface area contributed by atoms with Crippen molar-refractivity contribution < 1.29 is 14.3 Å². The predicted octanol–water partition coefficient (Wildman–Crippen LogP) is 4.82. The monoisotopic (exact) mass is 536 g/mol. The lowest BCUT2D eigenvalue weighted by atomic mass is 9.69. The Morgan fingerprint density at radius 3 is 2.56 bits per heavy atom. The van der Waals surface area contributed by atoms with Gasteiger partial charge in [-0.15, -0.1) is 0 Å². The van der Waals surface area contributed by atoms with E-state index < -0.39 is 11.9 Å². The van der Waals surface area contributed by atoms with E-state index >= 15 is 0 Å². The molecule has 1 aromatic carbocycles. The highest BCUT2D eigenvalue weighted by atomic mass is 16.5. The van der Waals surface area contributed by atoms with E-state index in [1.165, 1.54) is 43.1 Å². The summed E-state index contributed by atoms with van der Waals surface area (Å²) >= 11 is 0. The summed E-state index contributed by atoms with van der Waals surface area (Å²) in [7, 11) is 0. The molecule has 1 unspecified atom stereocenters. The standard InChI is InChI=1S/C31H44N4O4/c1-20-33-22-11-10-12-24(27(22)29(38)35(20)23-13-14-26(36)34-28(23)37)39-18-9-7-5-6-8-17-32-25-19-21-15-16-31(25,4)30(21,2)3/h10-12,21,23,25,32H,5-9,13-19H2,1-4H3,(H,34,36,37)/t21-,23+,25?,31+/m1/s1. The maximum atomic E-state index is 13.5. The minimum Gasteiger partial charge on any atom is -0.493 e. The molecule has 2 N–H and O–H groups in total. The second-order valence-corrected chi connectivity index (χ2v) is 12.7. The molecule has 2 heterocycles. The van der Waals surface area contributed by atoms with E-state index in [2.05, 4.69) is 36.4 Å². The summed E-state index contributed by atoms with van der Waals surface area (Å²) in [6, 6.07) is 5.34. The third-order valence-corrected chi connectivity index (χ3v) is 10.4. The van der Waals surface area contributed by atoms with Crippen LogP contribution in [-0.2, 0) is 9.59 Å². The summed E-state index contributed by atoms with van der Waals surface area (Å²) in [5.41, 5.74) is 1.15. The van der Waals surface area contributed by atoms with Gasteiger partial charge in [0.05, 0.1) is 12.1 Å². The number of fused-ring (bicyclic) bond motifs is 3. The summed E-state index contributed by atoms with van der Waals surface area (Å²) < 4.78 is 7.47. The van der Waals surface area contributed by atoms with E-state index in [0.717, 1.165) is 25.3 Å². The highest BCUT2D eigenvalue weighted by Gasteiger charge is 2.60. The molecule has 39 heavy (non-hydrogen) atoms. The minimum atomic E-state index is -0.743. The quantitative estimate of drug-likeness (QED) is 0.315. The van der Waals surface area contributed by atoms with Gasteiger partial charge in [0.1, 0.15) is 23.0 Å². The number of aryl methyl sites for hydroxylation is 1. The molecule has 0 spiro atoms. The van der Waals surface area contributed by atoms with Crippen LogP contribution in [0.3, 0.4) is 0 Å². The lowest BCUT2D eigenvalue weighted by Gasteiger charge is -2.39. The average molecular weight is 537 g/mol. The summed E-state index contributed by atoms with van der Waals surface area (Å²) in [5, 5.41) is 6.61. The van der Waals surface area contributed by atoms with Crippen LogP contribution in [0.1, 0.15) is 96.8 Å². The molecular formula is C31H44N4O4. The van der Waals surface area contributed by atoms with Crippen molar-refractivity contribution in [3.8, 4) is 5.75 Å². The molecule has 212 valence electrons. The van der Waals surface area contributed by atoms with Crippen LogP contribution in [-0.4, -0.2) is 40.6 Å². The van der Waals surface area contributed by atoms with E-state index in [-0.39, 0.29) is 24.3 Å². The zero-order valence-corrected chi connectivity index (χ0v) is 24.0. The van der Waals surface area contributed by atoms with Crippen LogP contribution in [0.4, 0.5) is 0 Å². The number of hydrogen-bond acceptors (Lipinski definition) is 6. The first-order valence-corrected chi connectivity index (χ1v) is 14.9. The van der Waals surface area contributed by atoms with Gasteiger partial charge in [-0.2, -0.15) is 0 Å². The van der Waals surface area contributed by atoms with Crippen LogP contribution in [0.5, 0.6) is 5.75 Å². The van der Waals surface area contributed by atoms with Crippen LogP contribution in [0.25, 0.3) is 10.9 Å². The van der Waals surface area contributed by atoms with Gasteiger partial charge in [0, 0.05) is 12.5 Å². The SMILES string of the molecule is Cc1nc2cccc(OCCCCCCCNC3C[C@H]4CC[C@]3(C)C4(C)C)c2c(=O)n1[C@H]1CCC(=O)NC1=O. The number of unbranched alkanes of at least 4 members (excludes halogenated alkanes) is 4. The highest BCUT2D eigenvalue weighted by Crippen LogP contribution is 2.65. The maximum Gasteiger partial charge on any atom is 0.265 e. The first kappa shape index (κ1) is 27.8. The Bertz CT molecular complexity index is 1300. The van der Waals surface area contributed by atoms with Gasteiger partial charge >= 0.3 is 0 Å². The number of imide groups is 1. The van der Waals surface area contributed by atoms with Gasteiger partial charge in [0.15, 0.2) is 0 Å². The van der Waals surface area contributed by atoms with Gasteiger partial charge in [-0.05, 0) is 80.9 Å². The molecule has 3 aliphatic rings. The molecular weight excluding hydrogens is 492 g/mol. The lowest BCUT2D eigenvalue weighted by Crippen LogP contribution is -2.45. The number of nitrogens with zero attached hydrogens (tertiary/aromatic N) is 2. The van der Waals surface area contributed by atoms with Crippen LogP contribution in [0.15, 0.2) is 23.0 Å². The van der Waals surface area contributed by atoms with E-state index in [1.807, 2.05) is 6.07 Å². The fourth-order valence-corrected chi connectivity index (χ4v) is 7.47. The Morgan fingerprint density at radius 1 is 1.08 bits per heavy atom. The van der Waals surface area contributed by atoms with Crippen molar-refractivity contribution in [2.24, 2.45) is 16.7 Å². The molecule has 1 aromatic heterocycles. The van der Waals surface area contributed by atoms with Gasteiger partial charge in [0.2, 0.25) is 11.8 Å². The normalized spacial score (nSPS) is 27.7. The van der Waals surface area contributed by atoms with Crippen LogP contribution < -0.4 is 20.9 Å². The Balaban J connectivity index is 1.09. The Hall–Kier alpha value is -2.74. The summed E-state index contributed by atoms with van der Waals surface area (Å²) in [6.45, 7) is 10.8. The smallest absolute Gasteiger partial charge is 0.265 e. The topological polar surface area (TPSA) is 102 Å². The molecule has 8 heteroatoms. The maximum absolute atomic E-state index is 13.5. The van der Waals surface area contributed by atoms with E-state index in [9.17, 15) is 14.4 Å². The third kappa shape index (κ3) is 5.12. The molecule has 5 rings (SSSR count). The molecule has 4 atom stereocenters. The average Bonchev–Trinajstić information content (AvgIpc) is 3.22. The minimum absolute atomic E-state index is 0.202. The van der Waals surface area contributed by atoms with Crippen molar-refractivity contribution in [3.63, 3.8) is 0 Å². The van der Waals surface area contributed by atoms with Crippen molar-refractivity contribution >= 4 is 22.7 Å². The second-order valence-electron chi connectivity index (χ2n) is 12.7. The van der Waals surface area contributed by atoms with Gasteiger partial charge < -0.3 is 10.1 Å². The molecule has 2 aliphatic carbocycles. The van der Waals surface area contributed by atoms with Crippen LogP contribution in [0.2, 0.25) is 0 Å². The zero-order chi connectivity index (χ0) is 27.8. The molecule has 1 aliphatic heterocycles. The lowest BCUT2D eigenvalue weighted by molar-refractivity contribution is -0.135. The second kappa shape index (κ2) is 11.0. The number of ether oxygens (including phenoxy) is 1. The number of amides is 2. The van der Waals surface area contributed by atoms with Crippen LogP contribution in [0, 0.1) is 23.7 Å². The Labute approximate surface area is 231 Å². The van der Waals surface area contributed by atoms with E-state index in [0.29, 0.717) is 46.0 Å². The first-order chi connectivity index (χ1) is 18.6. The number of aromatic nitrogens is 2. The molecule has 2 amide bonds. The first-order valence-electron chi connectivity index (χ1n) is 14.9. The zero-order valence-electron chi connectivity index (χ0n) is 24.0. The predicted molar refractivity (Wildman–Crippen MR) is 152 cm³/mol. The number of nitrogens with one attached hydrogen (secondary N) is 2. The molecule has 2 aromatic rings.